The highest BCUT2D eigenvalue weighted by molar-refractivity contribution is 5.59. The van der Waals surface area contributed by atoms with Gasteiger partial charge in [0, 0.05) is 41.5 Å². The highest BCUT2D eigenvalue weighted by Gasteiger charge is 2.46. The van der Waals surface area contributed by atoms with E-state index in [0.717, 1.165) is 60.5 Å². The van der Waals surface area contributed by atoms with E-state index in [4.69, 9.17) is 5.73 Å². The van der Waals surface area contributed by atoms with Crippen LogP contribution in [0.5, 0.6) is 0 Å². The number of aromatic nitrogens is 1. The molecule has 0 aromatic carbocycles. The van der Waals surface area contributed by atoms with Crippen molar-refractivity contribution in [2.45, 2.75) is 192 Å². The lowest BCUT2D eigenvalue weighted by molar-refractivity contribution is 0.0105. The van der Waals surface area contributed by atoms with Gasteiger partial charge in [0.2, 0.25) is 0 Å². The maximum absolute atomic E-state index is 10.3. The Morgan fingerprint density at radius 3 is 2.26 bits per heavy atom. The molecule has 0 radical (unpaired) electrons. The molecule has 0 amide bonds. The number of nitrogens with two attached hydrogens (primary N) is 1. The van der Waals surface area contributed by atoms with E-state index in [2.05, 4.69) is 52.0 Å². The summed E-state index contributed by atoms with van der Waals surface area (Å²) in [6.07, 6.45) is 52.0. The van der Waals surface area contributed by atoms with Gasteiger partial charge in [0.15, 0.2) is 0 Å². The van der Waals surface area contributed by atoms with Crippen LogP contribution in [0.25, 0.3) is 6.08 Å². The van der Waals surface area contributed by atoms with Gasteiger partial charge in [-0.15, -0.1) is 0 Å². The Kier molecular flexibility index (Phi) is 12.0. The van der Waals surface area contributed by atoms with Crippen LogP contribution in [0.1, 0.15) is 189 Å². The Morgan fingerprint density at radius 1 is 0.690 bits per heavy atom. The van der Waals surface area contributed by atoms with Crippen molar-refractivity contribution in [3.8, 4) is 6.07 Å². The summed E-state index contributed by atoms with van der Waals surface area (Å²) in [5.74, 6) is 5.87. The van der Waals surface area contributed by atoms with Crippen LogP contribution in [0, 0.1) is 58.7 Å². The molecule has 1 aromatic rings. The smallest absolute Gasteiger partial charge is 0.0946 e. The molecule has 0 saturated heterocycles. The standard InChI is InChI=1S/C54H76N4/c55-36-38-17-1-2-19-40(38)42-21-5-6-23-44(42)45-24-8-7-22-43(45)41-20-4-3-18-39(41)37(33-34-57-50-29-13-9-25-46(50)47-26-10-14-30-51(47)57)35-54(56)58-52-31-15-11-27-48(52)49-28-12-16-32-53(49)58/h13,15,17,29,31,33,39-46,50,54H,1-12,14,16,18-28,30,32,34-35,56H2/b37-33+. The summed E-state index contributed by atoms with van der Waals surface area (Å²) in [4.78, 5) is 2.90. The van der Waals surface area contributed by atoms with Crippen molar-refractivity contribution >= 4 is 6.08 Å². The van der Waals surface area contributed by atoms with Gasteiger partial charge in [-0.25, -0.2) is 0 Å². The number of allylic oxidation sites excluding steroid dienone is 5. The van der Waals surface area contributed by atoms with Gasteiger partial charge in [-0.3, -0.25) is 0 Å². The van der Waals surface area contributed by atoms with E-state index >= 15 is 0 Å². The third kappa shape index (κ3) is 7.38. The molecule has 312 valence electrons. The Hall–Kier alpha value is -2.77. The van der Waals surface area contributed by atoms with Gasteiger partial charge in [0.25, 0.3) is 0 Å². The lowest BCUT2D eigenvalue weighted by Crippen LogP contribution is -2.42. The summed E-state index contributed by atoms with van der Waals surface area (Å²) < 4.78 is 2.68. The molecule has 10 unspecified atom stereocenters. The zero-order valence-corrected chi connectivity index (χ0v) is 36.2. The van der Waals surface area contributed by atoms with Crippen molar-refractivity contribution in [2.75, 3.05) is 6.54 Å². The highest BCUT2D eigenvalue weighted by atomic mass is 15.2. The fourth-order valence-electron chi connectivity index (χ4n) is 15.8. The largest absolute Gasteiger partial charge is 0.364 e. The molecular formula is C54H76N4. The molecule has 0 spiro atoms. The van der Waals surface area contributed by atoms with Crippen LogP contribution in [0.4, 0.5) is 0 Å². The second kappa shape index (κ2) is 17.7. The van der Waals surface area contributed by atoms with E-state index in [1.807, 2.05) is 5.57 Å². The Labute approximate surface area is 352 Å². The monoisotopic (exact) mass is 781 g/mol. The molecule has 8 aliphatic carbocycles. The van der Waals surface area contributed by atoms with E-state index < -0.39 is 0 Å². The Morgan fingerprint density at radius 2 is 1.41 bits per heavy atom. The molecule has 0 bridgehead atoms. The minimum absolute atomic E-state index is 0.00454. The van der Waals surface area contributed by atoms with Crippen molar-refractivity contribution in [1.29, 1.82) is 5.26 Å². The first-order valence-electron chi connectivity index (χ1n) is 25.3. The predicted molar refractivity (Wildman–Crippen MR) is 240 cm³/mol. The first-order valence-corrected chi connectivity index (χ1v) is 25.3. The molecule has 4 nitrogen and oxygen atoms in total. The summed E-state index contributed by atoms with van der Waals surface area (Å²) in [7, 11) is 0. The SMILES string of the molecule is N#CC1=CCCCC1C1CCCCC1C1CCCCC1C1CCCCC1/C(=C/CN1C2=C(CCCC2)C2CCC=CC21)CC(N)n1c2c(c3c1CCCC3)CCC=C2. The fourth-order valence-corrected chi connectivity index (χ4v) is 15.8. The summed E-state index contributed by atoms with van der Waals surface area (Å²) >= 11 is 0. The summed E-state index contributed by atoms with van der Waals surface area (Å²) in [5.41, 5.74) is 20.5. The second-order valence-electron chi connectivity index (χ2n) is 20.9. The van der Waals surface area contributed by atoms with Crippen molar-refractivity contribution < 1.29 is 0 Å². The van der Waals surface area contributed by atoms with Crippen LogP contribution in [0.15, 0.2) is 52.8 Å². The zero-order chi connectivity index (χ0) is 39.0. The molecule has 10 atom stereocenters. The van der Waals surface area contributed by atoms with E-state index in [-0.39, 0.29) is 6.17 Å². The maximum Gasteiger partial charge on any atom is 0.0946 e. The van der Waals surface area contributed by atoms with Crippen LogP contribution in [0.2, 0.25) is 0 Å². The maximum atomic E-state index is 10.3. The van der Waals surface area contributed by atoms with Gasteiger partial charge in [0.05, 0.1) is 18.3 Å². The normalized spacial score (nSPS) is 35.7. The molecule has 1 aromatic heterocycles. The van der Waals surface area contributed by atoms with Crippen LogP contribution in [0.3, 0.4) is 0 Å². The Bertz CT molecular complexity index is 1840. The van der Waals surface area contributed by atoms with Crippen molar-refractivity contribution in [3.05, 3.63) is 75.3 Å². The van der Waals surface area contributed by atoms with E-state index in [0.29, 0.717) is 17.9 Å². The Balaban J connectivity index is 1.00. The predicted octanol–water partition coefficient (Wildman–Crippen LogP) is 13.2. The lowest BCUT2D eigenvalue weighted by atomic mass is 9.54. The number of hydrogen-bond acceptors (Lipinski definition) is 3. The molecule has 1 aliphatic heterocycles. The fraction of sp³-hybridized carbons (Fsp3) is 0.722. The summed E-state index contributed by atoms with van der Waals surface area (Å²) in [6, 6.07) is 3.30. The molecule has 10 rings (SSSR count). The number of rotatable bonds is 9. The third-order valence-electron chi connectivity index (χ3n) is 18.1. The van der Waals surface area contributed by atoms with Crippen LogP contribution in [-0.2, 0) is 19.3 Å². The molecule has 58 heavy (non-hydrogen) atoms. The minimum Gasteiger partial charge on any atom is -0.364 e. The number of nitrogens with zero attached hydrogens (tertiary/aromatic N) is 3. The van der Waals surface area contributed by atoms with Crippen LogP contribution < -0.4 is 5.73 Å². The van der Waals surface area contributed by atoms with Crippen LogP contribution >= 0.6 is 0 Å². The van der Waals surface area contributed by atoms with Gasteiger partial charge in [-0.05, 0) is 199 Å². The third-order valence-corrected chi connectivity index (χ3v) is 18.1. The highest BCUT2D eigenvalue weighted by Crippen LogP contribution is 2.55. The average Bonchev–Trinajstić information content (AvgIpc) is 3.80. The topological polar surface area (TPSA) is 58.0 Å². The zero-order valence-electron chi connectivity index (χ0n) is 36.2. The first kappa shape index (κ1) is 39.4. The van der Waals surface area contributed by atoms with E-state index in [9.17, 15) is 5.26 Å². The molecule has 2 N–H and O–H groups in total. The van der Waals surface area contributed by atoms with E-state index in [1.165, 1.54) is 173 Å². The molecule has 3 fully saturated rings. The van der Waals surface area contributed by atoms with Crippen molar-refractivity contribution in [1.82, 2.24) is 9.47 Å². The van der Waals surface area contributed by atoms with Crippen molar-refractivity contribution in [2.24, 2.45) is 53.1 Å². The van der Waals surface area contributed by atoms with Gasteiger partial charge in [-0.1, -0.05) is 74.5 Å². The number of nitriles is 1. The second-order valence-corrected chi connectivity index (χ2v) is 20.9. The van der Waals surface area contributed by atoms with E-state index in [1.54, 1.807) is 28.1 Å². The molecule has 2 heterocycles. The lowest BCUT2D eigenvalue weighted by Gasteiger charge is -2.50. The minimum atomic E-state index is 0.00454. The summed E-state index contributed by atoms with van der Waals surface area (Å²) in [5, 5.41) is 10.3. The quantitative estimate of drug-likeness (QED) is 0.254. The van der Waals surface area contributed by atoms with Gasteiger partial charge < -0.3 is 15.2 Å². The van der Waals surface area contributed by atoms with Crippen LogP contribution in [-0.4, -0.2) is 22.1 Å². The molecule has 9 aliphatic rings. The number of fused-ring (bicyclic) bond motifs is 5. The van der Waals surface area contributed by atoms with Gasteiger partial charge in [-0.2, -0.15) is 5.26 Å². The first-order chi connectivity index (χ1) is 28.7. The molecule has 4 heteroatoms. The average molecular weight is 781 g/mol. The van der Waals surface area contributed by atoms with Gasteiger partial charge >= 0.3 is 0 Å². The number of hydrogen-bond donors (Lipinski definition) is 1. The van der Waals surface area contributed by atoms with Crippen molar-refractivity contribution in [3.63, 3.8) is 0 Å². The molecule has 3 saturated carbocycles. The summed E-state index contributed by atoms with van der Waals surface area (Å²) in [6.45, 7) is 1.07. The van der Waals surface area contributed by atoms with Gasteiger partial charge in [0.1, 0.15) is 0 Å². The molecular weight excluding hydrogens is 705 g/mol.